The van der Waals surface area contributed by atoms with E-state index in [4.69, 9.17) is 0 Å². The first kappa shape index (κ1) is 12.6. The fourth-order valence-corrected chi connectivity index (χ4v) is 0.495. The lowest BCUT2D eigenvalue weighted by atomic mass is 10.4. The topological polar surface area (TPSA) is 26.3 Å². The van der Waals surface area contributed by atoms with Gasteiger partial charge in [-0.25, -0.2) is 9.18 Å². The van der Waals surface area contributed by atoms with E-state index >= 15 is 0 Å². The Bertz CT molecular complexity index is 212. The van der Waals surface area contributed by atoms with Crippen molar-refractivity contribution in [3.8, 4) is 0 Å². The van der Waals surface area contributed by atoms with Gasteiger partial charge in [0.15, 0.2) is 0 Å². The first-order chi connectivity index (χ1) is 5.73. The summed E-state index contributed by atoms with van der Waals surface area (Å²) in [5, 5.41) is 0. The van der Waals surface area contributed by atoms with E-state index in [0.717, 1.165) is 6.08 Å². The van der Waals surface area contributed by atoms with Crippen LogP contribution in [0.5, 0.6) is 0 Å². The highest BCUT2D eigenvalue weighted by Crippen LogP contribution is 2.40. The van der Waals surface area contributed by atoms with E-state index in [-0.39, 0.29) is 0 Å². The van der Waals surface area contributed by atoms with Crippen LogP contribution in [0.3, 0.4) is 0 Å². The second kappa shape index (κ2) is 4.19. The second-order valence-corrected chi connectivity index (χ2v) is 3.19. The third-order valence-electron chi connectivity index (χ3n) is 0.945. The van der Waals surface area contributed by atoms with Gasteiger partial charge in [-0.2, -0.15) is 8.78 Å². The van der Waals surface area contributed by atoms with Crippen molar-refractivity contribution in [2.24, 2.45) is 0 Å². The van der Waals surface area contributed by atoms with Gasteiger partial charge >= 0.3 is 16.5 Å². The maximum atomic E-state index is 12.5. The van der Waals surface area contributed by atoms with Crippen molar-refractivity contribution in [1.82, 2.24) is 0 Å². The molecule has 0 amide bonds. The van der Waals surface area contributed by atoms with Crippen molar-refractivity contribution in [3.63, 3.8) is 0 Å². The molecule has 0 atom stereocenters. The van der Waals surface area contributed by atoms with Gasteiger partial charge in [-0.3, -0.25) is 0 Å². The Hall–Kier alpha value is -0.420. The number of ether oxygens (including phenoxy) is 1. The molecule has 0 aromatic heterocycles. The van der Waals surface area contributed by atoms with Gasteiger partial charge in [-0.15, -0.1) is 0 Å². The molecular weight excluding hydrogens is 232 g/mol. The Kier molecular flexibility index (Phi) is 4.06. The van der Waals surface area contributed by atoms with Crippen LogP contribution in [0.25, 0.3) is 0 Å². The van der Waals surface area contributed by atoms with Gasteiger partial charge in [-0.05, 0) is 0 Å². The van der Waals surface area contributed by atoms with Crippen molar-refractivity contribution >= 4 is 29.2 Å². The number of rotatable bonds is 4. The van der Waals surface area contributed by atoms with Crippen molar-refractivity contribution in [1.29, 1.82) is 0 Å². The molecule has 2 nitrogen and oxygen atoms in total. The molecule has 0 aliphatic heterocycles. The zero-order chi connectivity index (χ0) is 10.7. The Balaban J connectivity index is 4.45. The van der Waals surface area contributed by atoms with Gasteiger partial charge in [0.05, 0.1) is 0 Å². The number of alkyl halides is 5. The summed E-state index contributed by atoms with van der Waals surface area (Å²) in [5.41, 5.74) is 0. The summed E-state index contributed by atoms with van der Waals surface area (Å²) < 4.78 is 37.2. The highest BCUT2D eigenvalue weighted by atomic mass is 35.5. The molecule has 0 aromatic carbocycles. The highest BCUT2D eigenvalue weighted by Gasteiger charge is 2.60. The van der Waals surface area contributed by atoms with E-state index in [0.29, 0.717) is 0 Å². The summed E-state index contributed by atoms with van der Waals surface area (Å²) in [5.74, 6) is -6.74. The lowest BCUT2D eigenvalue weighted by Gasteiger charge is -2.19. The fraction of sp³-hybridized carbons (Fsp3) is 0.500. The van der Waals surface area contributed by atoms with E-state index in [1.165, 1.54) is 0 Å². The minimum Gasteiger partial charge on any atom is -0.457 e. The molecule has 0 N–H and O–H groups in total. The van der Waals surface area contributed by atoms with Crippen LogP contribution in [-0.4, -0.2) is 23.1 Å². The Labute approximate surface area is 82.3 Å². The fourth-order valence-electron chi connectivity index (χ4n) is 0.341. The van der Waals surface area contributed by atoms with E-state index < -0.39 is 23.1 Å². The molecule has 0 aromatic rings. The summed E-state index contributed by atoms with van der Waals surface area (Å²) in [4.78, 5) is 10.4. The molecule has 0 radical (unpaired) electrons. The number of hydrogen-bond donors (Lipinski definition) is 0. The number of carbonyl (C=O) groups excluding carboxylic acids is 1. The average molecular weight is 237 g/mol. The monoisotopic (exact) mass is 236 g/mol. The second-order valence-electron chi connectivity index (χ2n) is 1.96. The standard InChI is InChI=1S/C6H5Cl2F3O2/c1-2-3-13-4(12)5(9,10)6(7,8)11/h2H,1,3H2. The molecule has 0 aliphatic carbocycles. The van der Waals surface area contributed by atoms with Gasteiger partial charge in [-0.1, -0.05) is 35.9 Å². The molecule has 0 saturated heterocycles. The Morgan fingerprint density at radius 1 is 1.46 bits per heavy atom. The largest absolute Gasteiger partial charge is 0.457 e. The van der Waals surface area contributed by atoms with E-state index in [2.05, 4.69) is 34.5 Å². The molecule has 76 valence electrons. The third kappa shape index (κ3) is 3.08. The van der Waals surface area contributed by atoms with Gasteiger partial charge < -0.3 is 4.74 Å². The SMILES string of the molecule is C=CCOC(=O)C(F)(F)C(F)(Cl)Cl. The van der Waals surface area contributed by atoms with Gasteiger partial charge in [0.25, 0.3) is 0 Å². The first-order valence-electron chi connectivity index (χ1n) is 2.96. The summed E-state index contributed by atoms with van der Waals surface area (Å²) in [6, 6.07) is 0. The van der Waals surface area contributed by atoms with E-state index in [9.17, 15) is 18.0 Å². The zero-order valence-electron chi connectivity index (χ0n) is 6.20. The van der Waals surface area contributed by atoms with Crippen LogP contribution < -0.4 is 0 Å². The summed E-state index contributed by atoms with van der Waals surface area (Å²) >= 11 is 8.84. The lowest BCUT2D eigenvalue weighted by Crippen LogP contribution is -2.43. The number of carbonyl (C=O) groups is 1. The molecule has 0 unspecified atom stereocenters. The van der Waals surface area contributed by atoms with Crippen LogP contribution >= 0.6 is 23.2 Å². The molecule has 0 heterocycles. The quantitative estimate of drug-likeness (QED) is 0.426. The number of halogens is 5. The predicted molar refractivity (Wildman–Crippen MR) is 41.6 cm³/mol. The number of hydrogen-bond acceptors (Lipinski definition) is 2. The predicted octanol–water partition coefficient (Wildman–Crippen LogP) is 2.45. The third-order valence-corrected chi connectivity index (χ3v) is 1.42. The molecular formula is C6H5Cl2F3O2. The Morgan fingerprint density at radius 3 is 2.23 bits per heavy atom. The van der Waals surface area contributed by atoms with Gasteiger partial charge in [0, 0.05) is 0 Å². The van der Waals surface area contributed by atoms with Crippen molar-refractivity contribution in [3.05, 3.63) is 12.7 Å². The molecule has 7 heteroatoms. The molecule has 0 aliphatic rings. The molecule has 0 rings (SSSR count). The van der Waals surface area contributed by atoms with Crippen LogP contribution in [0, 0.1) is 0 Å². The maximum Gasteiger partial charge on any atom is 0.403 e. The highest BCUT2D eigenvalue weighted by molar-refractivity contribution is 6.49. The first-order valence-corrected chi connectivity index (χ1v) is 3.71. The smallest absolute Gasteiger partial charge is 0.403 e. The van der Waals surface area contributed by atoms with Gasteiger partial charge in [0.1, 0.15) is 6.61 Å². The van der Waals surface area contributed by atoms with Crippen LogP contribution in [-0.2, 0) is 9.53 Å². The summed E-state index contributed by atoms with van der Waals surface area (Å²) in [6.07, 6.45) is 1.04. The number of esters is 1. The molecule has 0 bridgehead atoms. The average Bonchev–Trinajstić information content (AvgIpc) is 1.97. The van der Waals surface area contributed by atoms with Crippen LogP contribution in [0.15, 0.2) is 12.7 Å². The van der Waals surface area contributed by atoms with Gasteiger partial charge in [0.2, 0.25) is 0 Å². The molecule has 0 fully saturated rings. The van der Waals surface area contributed by atoms with E-state index in [1.807, 2.05) is 0 Å². The van der Waals surface area contributed by atoms with Crippen molar-refractivity contribution < 1.29 is 22.7 Å². The van der Waals surface area contributed by atoms with E-state index in [1.54, 1.807) is 0 Å². The van der Waals surface area contributed by atoms with Crippen LogP contribution in [0.2, 0.25) is 0 Å². The van der Waals surface area contributed by atoms with Crippen LogP contribution in [0.4, 0.5) is 13.2 Å². The van der Waals surface area contributed by atoms with Crippen LogP contribution in [0.1, 0.15) is 0 Å². The minimum absolute atomic E-state index is 0.474. The normalized spacial score (nSPS) is 12.4. The molecule has 13 heavy (non-hydrogen) atoms. The summed E-state index contributed by atoms with van der Waals surface area (Å²) in [6.45, 7) is 2.62. The molecule has 0 spiro atoms. The summed E-state index contributed by atoms with van der Waals surface area (Å²) in [7, 11) is 0. The molecule has 0 saturated carbocycles. The van der Waals surface area contributed by atoms with Crippen molar-refractivity contribution in [2.45, 2.75) is 10.5 Å². The zero-order valence-corrected chi connectivity index (χ0v) is 7.71. The Morgan fingerprint density at radius 2 is 1.92 bits per heavy atom. The minimum atomic E-state index is -4.60. The van der Waals surface area contributed by atoms with Crippen molar-refractivity contribution in [2.75, 3.05) is 6.61 Å². The maximum absolute atomic E-state index is 12.5. The lowest BCUT2D eigenvalue weighted by molar-refractivity contribution is -0.178.